The molecule has 53 heavy (non-hydrogen) atoms. The Hall–Kier alpha value is -4.34. The molecular weight excluding hydrogens is 714 g/mol. The summed E-state index contributed by atoms with van der Waals surface area (Å²) < 4.78 is 76.3. The van der Waals surface area contributed by atoms with Crippen molar-refractivity contribution in [2.75, 3.05) is 11.9 Å². The molecule has 16 heteroatoms. The number of sulfonamides is 1. The second-order valence-corrected chi connectivity index (χ2v) is 18.0. The third kappa shape index (κ3) is 7.43. The van der Waals surface area contributed by atoms with Gasteiger partial charge in [0.05, 0.1) is 27.9 Å². The number of carbonyl (C=O) groups excluding carboxylic acids is 3. The topological polar surface area (TPSA) is 152 Å². The summed E-state index contributed by atoms with van der Waals surface area (Å²) in [6, 6.07) is 10.1. The van der Waals surface area contributed by atoms with Crippen molar-refractivity contribution < 1.29 is 40.7 Å². The van der Waals surface area contributed by atoms with Gasteiger partial charge in [-0.05, 0) is 74.8 Å². The van der Waals surface area contributed by atoms with Gasteiger partial charge >= 0.3 is 6.18 Å². The normalized spacial score (nSPS) is 24.4. The maximum atomic E-state index is 14.6. The number of likely N-dealkylation sites (tertiary alicyclic amines) is 1. The van der Waals surface area contributed by atoms with Gasteiger partial charge in [-0.3, -0.25) is 23.7 Å². The number of aryl methyl sites for hydroxylation is 1. The molecular formula is C37H47F3N6O6S. The molecule has 5 atom stereocenters. The smallest absolute Gasteiger partial charge is 0.416 e. The molecule has 0 radical (unpaired) electrons. The molecule has 0 spiro atoms. The highest BCUT2D eigenvalue weighted by atomic mass is 32.2. The fraction of sp³-hybridized carbons (Fsp3) is 0.568. The zero-order chi connectivity index (χ0) is 38.7. The minimum absolute atomic E-state index is 0.00970. The quantitative estimate of drug-likeness (QED) is 0.227. The number of benzene rings is 2. The lowest BCUT2D eigenvalue weighted by atomic mass is 9.85. The maximum Gasteiger partial charge on any atom is 0.416 e. The van der Waals surface area contributed by atoms with Crippen LogP contribution in [0.25, 0.3) is 11.0 Å². The van der Waals surface area contributed by atoms with Crippen molar-refractivity contribution in [3.8, 4) is 6.01 Å². The lowest BCUT2D eigenvalue weighted by Crippen LogP contribution is -2.59. The molecule has 2 saturated carbocycles. The molecule has 5 unspecified atom stereocenters. The number of anilines is 1. The van der Waals surface area contributed by atoms with Crippen molar-refractivity contribution in [1.29, 1.82) is 0 Å². The summed E-state index contributed by atoms with van der Waals surface area (Å²) in [5.74, 6) is -2.37. The first kappa shape index (κ1) is 38.4. The van der Waals surface area contributed by atoms with Crippen LogP contribution in [0.2, 0.25) is 0 Å². The van der Waals surface area contributed by atoms with Crippen LogP contribution in [0, 0.1) is 11.3 Å². The van der Waals surface area contributed by atoms with Crippen molar-refractivity contribution >= 4 is 44.5 Å². The third-order valence-electron chi connectivity index (χ3n) is 10.8. The molecule has 288 valence electrons. The lowest BCUT2D eigenvalue weighted by molar-refractivity contribution is -0.141. The average Bonchev–Trinajstić information content (AvgIpc) is 3.92. The van der Waals surface area contributed by atoms with E-state index in [-0.39, 0.29) is 31.0 Å². The van der Waals surface area contributed by atoms with E-state index in [9.17, 15) is 36.0 Å². The van der Waals surface area contributed by atoms with E-state index < -0.39 is 73.4 Å². The van der Waals surface area contributed by atoms with E-state index >= 15 is 0 Å². The van der Waals surface area contributed by atoms with Gasteiger partial charge in [0.2, 0.25) is 21.8 Å². The van der Waals surface area contributed by atoms with Gasteiger partial charge < -0.3 is 20.3 Å². The molecule has 12 nitrogen and oxygen atoms in total. The molecule has 2 heterocycles. The molecule has 2 aliphatic carbocycles. The summed E-state index contributed by atoms with van der Waals surface area (Å²) in [5.41, 5.74) is -1.62. The van der Waals surface area contributed by atoms with Crippen LogP contribution < -0.4 is 20.1 Å². The Morgan fingerprint density at radius 2 is 1.75 bits per heavy atom. The van der Waals surface area contributed by atoms with Gasteiger partial charge in [0.1, 0.15) is 23.7 Å². The van der Waals surface area contributed by atoms with E-state index in [2.05, 4.69) is 20.3 Å². The van der Waals surface area contributed by atoms with Crippen molar-refractivity contribution in [2.24, 2.45) is 11.3 Å². The Morgan fingerprint density at radius 1 is 1.06 bits per heavy atom. The monoisotopic (exact) mass is 760 g/mol. The number of amides is 3. The van der Waals surface area contributed by atoms with Gasteiger partial charge in [0, 0.05) is 18.7 Å². The van der Waals surface area contributed by atoms with Gasteiger partial charge in [-0.25, -0.2) is 8.42 Å². The Bertz CT molecular complexity index is 2020. The van der Waals surface area contributed by atoms with Crippen molar-refractivity contribution in [2.45, 2.75) is 115 Å². The second kappa shape index (κ2) is 13.5. The Morgan fingerprint density at radius 3 is 2.36 bits per heavy atom. The van der Waals surface area contributed by atoms with Gasteiger partial charge in [-0.2, -0.15) is 18.2 Å². The number of rotatable bonds is 12. The maximum absolute atomic E-state index is 14.6. The van der Waals surface area contributed by atoms with Crippen LogP contribution in [0.4, 0.5) is 18.9 Å². The molecule has 1 saturated heterocycles. The number of nitrogens with zero attached hydrogens (tertiary/aromatic N) is 3. The SMILES string of the molecule is CCC1CC1(NC(=O)C1CC(Oc2nc3ccccc3n2CC)CN1C(=O)C(Nc1cccc(C(F)(F)F)c1)C(C)(C)C)C(=O)NS(=O)(=O)C1(C)CC1. The fourth-order valence-corrected chi connectivity index (χ4v) is 8.45. The molecule has 0 bridgehead atoms. The number of halogens is 3. The van der Waals surface area contributed by atoms with E-state index in [1.807, 2.05) is 42.7 Å². The molecule has 3 aliphatic rings. The second-order valence-electron chi connectivity index (χ2n) is 15.8. The summed E-state index contributed by atoms with van der Waals surface area (Å²) >= 11 is 0. The van der Waals surface area contributed by atoms with Gasteiger partial charge in [0.25, 0.3) is 11.9 Å². The van der Waals surface area contributed by atoms with E-state index in [4.69, 9.17) is 4.74 Å². The van der Waals surface area contributed by atoms with Crippen LogP contribution in [0.5, 0.6) is 6.01 Å². The molecule has 3 amide bonds. The van der Waals surface area contributed by atoms with Crippen molar-refractivity contribution in [3.05, 3.63) is 54.1 Å². The van der Waals surface area contributed by atoms with Crippen LogP contribution in [0.3, 0.4) is 0 Å². The number of para-hydroxylation sites is 2. The highest BCUT2D eigenvalue weighted by Crippen LogP contribution is 2.48. The van der Waals surface area contributed by atoms with Crippen molar-refractivity contribution in [3.63, 3.8) is 0 Å². The van der Waals surface area contributed by atoms with E-state index in [1.165, 1.54) is 17.0 Å². The largest absolute Gasteiger partial charge is 0.459 e. The molecule has 3 N–H and O–H groups in total. The summed E-state index contributed by atoms with van der Waals surface area (Å²) in [5, 5.41) is 5.84. The minimum atomic E-state index is -4.60. The Labute approximate surface area is 307 Å². The minimum Gasteiger partial charge on any atom is -0.459 e. The van der Waals surface area contributed by atoms with Crippen LogP contribution in [0.1, 0.15) is 79.2 Å². The molecule has 1 aliphatic heterocycles. The highest BCUT2D eigenvalue weighted by molar-refractivity contribution is 7.91. The summed E-state index contributed by atoms with van der Waals surface area (Å²) in [4.78, 5) is 48.6. The van der Waals surface area contributed by atoms with E-state index in [1.54, 1.807) is 27.7 Å². The number of hydrogen-bond acceptors (Lipinski definition) is 8. The first-order chi connectivity index (χ1) is 24.7. The number of fused-ring (bicyclic) bond motifs is 1. The van der Waals surface area contributed by atoms with Crippen LogP contribution in [-0.4, -0.2) is 75.6 Å². The number of aromatic nitrogens is 2. The van der Waals surface area contributed by atoms with Crippen molar-refractivity contribution in [1.82, 2.24) is 24.5 Å². The third-order valence-corrected chi connectivity index (χ3v) is 13.0. The molecule has 2 aromatic carbocycles. The zero-order valence-corrected chi connectivity index (χ0v) is 31.5. The van der Waals surface area contributed by atoms with Gasteiger partial charge in [-0.15, -0.1) is 0 Å². The van der Waals surface area contributed by atoms with E-state index in [0.29, 0.717) is 37.3 Å². The highest BCUT2D eigenvalue weighted by Gasteiger charge is 2.63. The predicted octanol–water partition coefficient (Wildman–Crippen LogP) is 5.23. The fourth-order valence-electron chi connectivity index (χ4n) is 7.13. The van der Waals surface area contributed by atoms with Crippen LogP contribution >= 0.6 is 0 Å². The van der Waals surface area contributed by atoms with Crippen LogP contribution in [-0.2, 0) is 37.1 Å². The summed E-state index contributed by atoms with van der Waals surface area (Å²) in [7, 11) is -3.99. The Balaban J connectivity index is 1.31. The number of carbonyl (C=O) groups is 3. The number of hydrogen-bond donors (Lipinski definition) is 3. The van der Waals surface area contributed by atoms with Crippen LogP contribution in [0.15, 0.2) is 48.5 Å². The zero-order valence-electron chi connectivity index (χ0n) is 30.7. The molecule has 3 fully saturated rings. The number of imidazole rings is 1. The molecule has 3 aromatic rings. The van der Waals surface area contributed by atoms with Gasteiger partial charge in [-0.1, -0.05) is 52.3 Å². The number of nitrogens with one attached hydrogen (secondary N) is 3. The average molecular weight is 761 g/mol. The lowest BCUT2D eigenvalue weighted by Gasteiger charge is -2.36. The summed E-state index contributed by atoms with van der Waals surface area (Å²) in [6.45, 7) is 11.1. The predicted molar refractivity (Wildman–Crippen MR) is 192 cm³/mol. The Kier molecular flexibility index (Phi) is 9.78. The molecule has 6 rings (SSSR count). The first-order valence-corrected chi connectivity index (χ1v) is 19.5. The first-order valence-electron chi connectivity index (χ1n) is 18.0. The molecule has 1 aromatic heterocycles. The number of alkyl halides is 3. The summed E-state index contributed by atoms with van der Waals surface area (Å²) in [6.07, 6.45) is -3.78. The number of ether oxygens (including phenoxy) is 1. The van der Waals surface area contributed by atoms with Gasteiger partial charge in [0.15, 0.2) is 0 Å². The van der Waals surface area contributed by atoms with E-state index in [0.717, 1.165) is 17.6 Å². The standard InChI is InChI=1S/C37H47F3N6O6S/c1-7-22-20-36(22,32(49)44-53(50,51)35(6)16-17-35)43-30(47)28-19-25(52-33-42-26-14-9-10-15-27(26)45(33)8-2)21-46(28)31(48)29(34(3,4)5)41-24-13-11-12-23(18-24)37(38,39)40/h9-15,18,22,25,28-29,41H,7-8,16-17,19-21H2,1-6H3,(H,43,47)(H,44,49).